The van der Waals surface area contributed by atoms with Crippen LogP contribution in [0, 0.1) is 11.3 Å². The van der Waals surface area contributed by atoms with Crippen LogP contribution < -0.4 is 0 Å². The Morgan fingerprint density at radius 1 is 1.29 bits per heavy atom. The smallest absolute Gasteiger partial charge is 0.0731 e. The average Bonchev–Trinajstić information content (AvgIpc) is 2.25. The summed E-state index contributed by atoms with van der Waals surface area (Å²) in [5, 5.41) is 1.73. The Kier molecular flexibility index (Phi) is 5.98. The van der Waals surface area contributed by atoms with Gasteiger partial charge in [-0.15, -0.1) is 0 Å². The summed E-state index contributed by atoms with van der Waals surface area (Å²) in [4.78, 5) is 0. The van der Waals surface area contributed by atoms with Crippen LogP contribution in [-0.2, 0) is 11.3 Å². The third kappa shape index (κ3) is 4.99. The number of ether oxygens (including phenoxy) is 1. The second kappa shape index (κ2) is 6.77. The maximum absolute atomic E-state index is 6.07. The first-order chi connectivity index (χ1) is 7.95. The molecule has 0 aliphatic rings. The van der Waals surface area contributed by atoms with Crippen molar-refractivity contribution in [1.82, 2.24) is 0 Å². The summed E-state index contributed by atoms with van der Waals surface area (Å²) in [5.74, 6) is 0.505. The lowest BCUT2D eigenvalue weighted by molar-refractivity contribution is 0.0565. The van der Waals surface area contributed by atoms with E-state index in [2.05, 4.69) is 36.7 Å². The molecule has 0 N–H and O–H groups in total. The van der Waals surface area contributed by atoms with Crippen LogP contribution >= 0.6 is 27.5 Å². The number of alkyl halides is 1. The topological polar surface area (TPSA) is 9.23 Å². The molecule has 3 heteroatoms. The highest BCUT2D eigenvalue weighted by atomic mass is 79.9. The molecule has 1 aromatic carbocycles. The zero-order valence-corrected chi connectivity index (χ0v) is 13.0. The van der Waals surface area contributed by atoms with Crippen molar-refractivity contribution >= 4 is 27.5 Å². The van der Waals surface area contributed by atoms with Crippen LogP contribution in [0.5, 0.6) is 0 Å². The fourth-order valence-corrected chi connectivity index (χ4v) is 2.80. The second-order valence-electron chi connectivity index (χ2n) is 5.32. The second-order valence-corrected chi connectivity index (χ2v) is 6.38. The molecule has 1 aromatic rings. The van der Waals surface area contributed by atoms with Crippen LogP contribution in [-0.4, -0.2) is 11.9 Å². The monoisotopic (exact) mass is 318 g/mol. The molecule has 1 atom stereocenters. The summed E-state index contributed by atoms with van der Waals surface area (Å²) < 4.78 is 5.77. The van der Waals surface area contributed by atoms with Gasteiger partial charge in [-0.1, -0.05) is 66.5 Å². The zero-order chi connectivity index (χ0) is 12.9. The molecule has 0 saturated carbocycles. The number of hydrogen-bond donors (Lipinski definition) is 0. The van der Waals surface area contributed by atoms with Gasteiger partial charge in [-0.05, 0) is 23.0 Å². The molecule has 0 amide bonds. The fourth-order valence-electron chi connectivity index (χ4n) is 1.45. The number of hydrogen-bond acceptors (Lipinski definition) is 1. The van der Waals surface area contributed by atoms with Crippen molar-refractivity contribution in [3.63, 3.8) is 0 Å². The van der Waals surface area contributed by atoms with Gasteiger partial charge in [0.25, 0.3) is 0 Å². The lowest BCUT2D eigenvalue weighted by atomic mass is 9.83. The van der Waals surface area contributed by atoms with Gasteiger partial charge in [0.2, 0.25) is 0 Å². The minimum absolute atomic E-state index is 0.254. The van der Waals surface area contributed by atoms with Gasteiger partial charge in [0.05, 0.1) is 13.2 Å². The minimum atomic E-state index is 0.254. The molecule has 1 nitrogen and oxygen atoms in total. The molecule has 0 bridgehead atoms. The van der Waals surface area contributed by atoms with E-state index in [0.29, 0.717) is 12.5 Å². The van der Waals surface area contributed by atoms with E-state index in [4.69, 9.17) is 16.3 Å². The first-order valence-electron chi connectivity index (χ1n) is 5.82. The van der Waals surface area contributed by atoms with E-state index in [1.54, 1.807) is 0 Å². The average molecular weight is 320 g/mol. The molecule has 1 rings (SSSR count). The third-order valence-corrected chi connectivity index (χ3v) is 4.10. The molecular weight excluding hydrogens is 300 g/mol. The van der Waals surface area contributed by atoms with Crippen LogP contribution in [0.1, 0.15) is 26.3 Å². The van der Waals surface area contributed by atoms with Crippen molar-refractivity contribution in [3.8, 4) is 0 Å². The maximum atomic E-state index is 6.07. The lowest BCUT2D eigenvalue weighted by Gasteiger charge is -2.28. The standard InChI is InChI=1S/C14H20BrClO/c1-14(2,3)12(8-15)10-17-9-11-6-4-5-7-13(11)16/h4-7,12H,8-10H2,1-3H3. The zero-order valence-electron chi connectivity index (χ0n) is 10.7. The molecule has 0 aliphatic carbocycles. The van der Waals surface area contributed by atoms with Gasteiger partial charge in [-0.25, -0.2) is 0 Å². The Bertz CT molecular complexity index is 346. The van der Waals surface area contributed by atoms with Crippen molar-refractivity contribution in [3.05, 3.63) is 34.9 Å². The highest BCUT2D eigenvalue weighted by molar-refractivity contribution is 9.09. The molecule has 0 radical (unpaired) electrons. The molecule has 1 unspecified atom stereocenters. The minimum Gasteiger partial charge on any atom is -0.376 e. The number of halogens is 2. The van der Waals surface area contributed by atoms with E-state index in [-0.39, 0.29) is 5.41 Å². The van der Waals surface area contributed by atoms with Gasteiger partial charge in [-0.2, -0.15) is 0 Å². The molecule has 0 saturated heterocycles. The predicted molar refractivity (Wildman–Crippen MR) is 77.8 cm³/mol. The van der Waals surface area contributed by atoms with Crippen LogP contribution in [0.3, 0.4) is 0 Å². The Morgan fingerprint density at radius 3 is 2.47 bits per heavy atom. The van der Waals surface area contributed by atoms with E-state index < -0.39 is 0 Å². The van der Waals surface area contributed by atoms with Crippen LogP contribution in [0.2, 0.25) is 5.02 Å². The van der Waals surface area contributed by atoms with E-state index in [0.717, 1.165) is 22.5 Å². The molecular formula is C14H20BrClO. The van der Waals surface area contributed by atoms with Crippen LogP contribution in [0.4, 0.5) is 0 Å². The van der Waals surface area contributed by atoms with Crippen molar-refractivity contribution in [2.45, 2.75) is 27.4 Å². The molecule has 96 valence electrons. The van der Waals surface area contributed by atoms with Gasteiger partial charge in [0.15, 0.2) is 0 Å². The van der Waals surface area contributed by atoms with Crippen molar-refractivity contribution in [2.75, 3.05) is 11.9 Å². The molecule has 0 aromatic heterocycles. The summed E-state index contributed by atoms with van der Waals surface area (Å²) in [6.45, 7) is 8.03. The SMILES string of the molecule is CC(C)(C)C(CBr)COCc1ccccc1Cl. The summed E-state index contributed by atoms with van der Waals surface area (Å²) in [7, 11) is 0. The predicted octanol–water partition coefficient (Wildman–Crippen LogP) is 4.91. The number of benzene rings is 1. The Labute approximate surface area is 118 Å². The fraction of sp³-hybridized carbons (Fsp3) is 0.571. The maximum Gasteiger partial charge on any atom is 0.0731 e. The van der Waals surface area contributed by atoms with Crippen LogP contribution in [0.25, 0.3) is 0 Å². The molecule has 0 heterocycles. The summed E-state index contributed by atoms with van der Waals surface area (Å²) in [6.07, 6.45) is 0. The van der Waals surface area contributed by atoms with Gasteiger partial charge >= 0.3 is 0 Å². The van der Waals surface area contributed by atoms with Crippen LogP contribution in [0.15, 0.2) is 24.3 Å². The van der Waals surface area contributed by atoms with Crippen molar-refractivity contribution < 1.29 is 4.74 Å². The molecule has 0 aliphatic heterocycles. The van der Waals surface area contributed by atoms with E-state index in [9.17, 15) is 0 Å². The molecule has 0 spiro atoms. The first kappa shape index (κ1) is 15.0. The largest absolute Gasteiger partial charge is 0.376 e. The Morgan fingerprint density at radius 2 is 1.94 bits per heavy atom. The Balaban J connectivity index is 2.45. The van der Waals surface area contributed by atoms with E-state index in [1.165, 1.54) is 0 Å². The highest BCUT2D eigenvalue weighted by Gasteiger charge is 2.23. The normalized spacial score (nSPS) is 13.7. The summed E-state index contributed by atoms with van der Waals surface area (Å²) >= 11 is 9.62. The van der Waals surface area contributed by atoms with Gasteiger partial charge in [-0.3, -0.25) is 0 Å². The lowest BCUT2D eigenvalue weighted by Crippen LogP contribution is -2.26. The molecule has 17 heavy (non-hydrogen) atoms. The number of rotatable bonds is 5. The summed E-state index contributed by atoms with van der Waals surface area (Å²) in [5.41, 5.74) is 1.31. The van der Waals surface area contributed by atoms with E-state index >= 15 is 0 Å². The van der Waals surface area contributed by atoms with Gasteiger partial charge in [0.1, 0.15) is 0 Å². The third-order valence-electron chi connectivity index (χ3n) is 2.95. The molecule has 0 fully saturated rings. The van der Waals surface area contributed by atoms with Gasteiger partial charge in [0, 0.05) is 10.4 Å². The Hall–Kier alpha value is -0.0500. The van der Waals surface area contributed by atoms with E-state index in [1.807, 2.05) is 24.3 Å². The van der Waals surface area contributed by atoms with Crippen molar-refractivity contribution in [2.24, 2.45) is 11.3 Å². The van der Waals surface area contributed by atoms with Crippen molar-refractivity contribution in [1.29, 1.82) is 0 Å². The quantitative estimate of drug-likeness (QED) is 0.700. The highest BCUT2D eigenvalue weighted by Crippen LogP contribution is 2.28. The van der Waals surface area contributed by atoms with Gasteiger partial charge < -0.3 is 4.74 Å². The first-order valence-corrected chi connectivity index (χ1v) is 7.32. The summed E-state index contributed by atoms with van der Waals surface area (Å²) in [6, 6.07) is 7.81.